The number of ether oxygens (including phenoxy) is 1. The standard InChI is InChI=1S/C16H16BrN3OS/c1-11-4-2-3-5-12(11)10-21-15-7-6-14(17)8-13(15)9-19-20-16(18)22/h2-9H,10H2,1H3,(H3,18,20,22). The SMILES string of the molecule is Cc1ccccc1COc1ccc(Br)cc1C=NNC(N)=S. The first-order valence-electron chi connectivity index (χ1n) is 6.61. The number of rotatable bonds is 5. The van der Waals surface area contributed by atoms with Crippen LogP contribution < -0.4 is 15.9 Å². The molecule has 0 fully saturated rings. The molecule has 0 saturated heterocycles. The summed E-state index contributed by atoms with van der Waals surface area (Å²) in [6.45, 7) is 2.56. The van der Waals surface area contributed by atoms with Gasteiger partial charge in [0.25, 0.3) is 0 Å². The zero-order chi connectivity index (χ0) is 15.9. The number of benzene rings is 2. The fraction of sp³-hybridized carbons (Fsp3) is 0.125. The number of hydrogen-bond donors (Lipinski definition) is 2. The average molecular weight is 378 g/mol. The summed E-state index contributed by atoms with van der Waals surface area (Å²) in [5.74, 6) is 0.736. The fourth-order valence-electron chi connectivity index (χ4n) is 1.84. The Morgan fingerprint density at radius 1 is 1.36 bits per heavy atom. The van der Waals surface area contributed by atoms with Crippen molar-refractivity contribution in [2.75, 3.05) is 0 Å². The topological polar surface area (TPSA) is 59.6 Å². The average Bonchev–Trinajstić information content (AvgIpc) is 2.47. The van der Waals surface area contributed by atoms with Gasteiger partial charge in [-0.05, 0) is 48.5 Å². The van der Waals surface area contributed by atoms with E-state index in [0.717, 1.165) is 21.3 Å². The zero-order valence-electron chi connectivity index (χ0n) is 12.0. The predicted molar refractivity (Wildman–Crippen MR) is 97.2 cm³/mol. The molecule has 0 atom stereocenters. The Bertz CT molecular complexity index is 704. The number of nitrogens with one attached hydrogen (secondary N) is 1. The predicted octanol–water partition coefficient (Wildman–Crippen LogP) is 3.50. The second kappa shape index (κ2) is 7.91. The number of hydrogen-bond acceptors (Lipinski definition) is 3. The molecule has 3 N–H and O–H groups in total. The van der Waals surface area contributed by atoms with Crippen LogP contribution in [-0.4, -0.2) is 11.3 Å². The van der Waals surface area contributed by atoms with Crippen LogP contribution in [0.25, 0.3) is 0 Å². The van der Waals surface area contributed by atoms with Crippen LogP contribution in [0, 0.1) is 6.92 Å². The van der Waals surface area contributed by atoms with E-state index in [-0.39, 0.29) is 5.11 Å². The number of aryl methyl sites for hydroxylation is 1. The van der Waals surface area contributed by atoms with Gasteiger partial charge >= 0.3 is 0 Å². The summed E-state index contributed by atoms with van der Waals surface area (Å²) in [7, 11) is 0. The van der Waals surface area contributed by atoms with Crippen molar-refractivity contribution in [3.05, 3.63) is 63.6 Å². The third-order valence-corrected chi connectivity index (χ3v) is 3.58. The van der Waals surface area contributed by atoms with Crippen molar-refractivity contribution in [2.45, 2.75) is 13.5 Å². The lowest BCUT2D eigenvalue weighted by molar-refractivity contribution is 0.305. The Morgan fingerprint density at radius 3 is 2.86 bits per heavy atom. The summed E-state index contributed by atoms with van der Waals surface area (Å²) in [6.07, 6.45) is 1.62. The molecule has 2 aromatic carbocycles. The lowest BCUT2D eigenvalue weighted by Gasteiger charge is -2.11. The molecule has 0 heterocycles. The van der Waals surface area contributed by atoms with Gasteiger partial charge in [0.2, 0.25) is 0 Å². The van der Waals surface area contributed by atoms with E-state index in [9.17, 15) is 0 Å². The number of thiocarbonyl (C=S) groups is 1. The third-order valence-electron chi connectivity index (χ3n) is 2.99. The molecule has 0 aliphatic heterocycles. The smallest absolute Gasteiger partial charge is 0.184 e. The number of nitrogens with two attached hydrogens (primary N) is 1. The minimum atomic E-state index is 0.119. The van der Waals surface area contributed by atoms with Gasteiger partial charge in [-0.25, -0.2) is 0 Å². The van der Waals surface area contributed by atoms with Crippen molar-refractivity contribution in [1.82, 2.24) is 5.43 Å². The summed E-state index contributed by atoms with van der Waals surface area (Å²) in [6, 6.07) is 13.9. The van der Waals surface area contributed by atoms with Crippen LogP contribution in [0.3, 0.4) is 0 Å². The van der Waals surface area contributed by atoms with Gasteiger partial charge in [-0.2, -0.15) is 5.10 Å². The summed E-state index contributed by atoms with van der Waals surface area (Å²) >= 11 is 8.15. The van der Waals surface area contributed by atoms with Crippen molar-refractivity contribution in [3.8, 4) is 5.75 Å². The van der Waals surface area contributed by atoms with Gasteiger partial charge in [0.05, 0.1) is 6.21 Å². The molecule has 4 nitrogen and oxygen atoms in total. The molecule has 0 spiro atoms. The van der Waals surface area contributed by atoms with E-state index >= 15 is 0 Å². The van der Waals surface area contributed by atoms with Gasteiger partial charge in [0.1, 0.15) is 12.4 Å². The summed E-state index contributed by atoms with van der Waals surface area (Å²) in [5.41, 5.74) is 11.0. The molecular weight excluding hydrogens is 362 g/mol. The molecular formula is C16H16BrN3OS. The highest BCUT2D eigenvalue weighted by atomic mass is 79.9. The summed E-state index contributed by atoms with van der Waals surface area (Å²) in [4.78, 5) is 0. The molecule has 0 radical (unpaired) electrons. The zero-order valence-corrected chi connectivity index (χ0v) is 14.4. The molecule has 6 heteroatoms. The molecule has 2 aromatic rings. The van der Waals surface area contributed by atoms with Gasteiger partial charge in [0, 0.05) is 10.0 Å². The van der Waals surface area contributed by atoms with E-state index in [1.807, 2.05) is 30.3 Å². The largest absolute Gasteiger partial charge is 0.488 e. The van der Waals surface area contributed by atoms with Crippen LogP contribution in [-0.2, 0) is 6.61 Å². The number of hydrazone groups is 1. The maximum atomic E-state index is 5.91. The Labute approximate surface area is 143 Å². The van der Waals surface area contributed by atoms with E-state index in [1.165, 1.54) is 5.56 Å². The first-order chi connectivity index (χ1) is 10.6. The van der Waals surface area contributed by atoms with Crippen molar-refractivity contribution in [1.29, 1.82) is 0 Å². The van der Waals surface area contributed by atoms with E-state index in [4.69, 9.17) is 22.7 Å². The van der Waals surface area contributed by atoms with Crippen LogP contribution in [0.5, 0.6) is 5.75 Å². The van der Waals surface area contributed by atoms with Crippen molar-refractivity contribution >= 4 is 39.5 Å². The van der Waals surface area contributed by atoms with E-state index in [2.05, 4.69) is 45.5 Å². The second-order valence-corrected chi connectivity index (χ2v) is 5.99. The first-order valence-corrected chi connectivity index (χ1v) is 7.82. The second-order valence-electron chi connectivity index (χ2n) is 4.63. The van der Waals surface area contributed by atoms with Gasteiger partial charge < -0.3 is 10.5 Å². The maximum absolute atomic E-state index is 5.91. The van der Waals surface area contributed by atoms with E-state index < -0.39 is 0 Å². The van der Waals surface area contributed by atoms with Gasteiger partial charge in [-0.15, -0.1) is 0 Å². The minimum absolute atomic E-state index is 0.119. The summed E-state index contributed by atoms with van der Waals surface area (Å²) < 4.78 is 6.85. The van der Waals surface area contributed by atoms with Crippen LogP contribution in [0.1, 0.15) is 16.7 Å². The van der Waals surface area contributed by atoms with Gasteiger partial charge in [-0.1, -0.05) is 40.2 Å². The molecule has 0 aromatic heterocycles. The van der Waals surface area contributed by atoms with Crippen LogP contribution in [0.2, 0.25) is 0 Å². The Balaban J connectivity index is 2.14. The molecule has 114 valence electrons. The Kier molecular flexibility index (Phi) is 5.91. The minimum Gasteiger partial charge on any atom is -0.488 e. The van der Waals surface area contributed by atoms with E-state index in [1.54, 1.807) is 6.21 Å². The molecule has 0 aliphatic rings. The lowest BCUT2D eigenvalue weighted by atomic mass is 10.1. The van der Waals surface area contributed by atoms with Gasteiger partial charge in [-0.3, -0.25) is 5.43 Å². The molecule has 22 heavy (non-hydrogen) atoms. The normalized spacial score (nSPS) is 10.6. The molecule has 0 unspecified atom stereocenters. The Morgan fingerprint density at radius 2 is 2.14 bits per heavy atom. The number of halogens is 1. The van der Waals surface area contributed by atoms with Crippen molar-refractivity contribution in [3.63, 3.8) is 0 Å². The van der Waals surface area contributed by atoms with E-state index in [0.29, 0.717) is 6.61 Å². The molecule has 2 rings (SSSR count). The highest BCUT2D eigenvalue weighted by molar-refractivity contribution is 9.10. The number of nitrogens with zero attached hydrogens (tertiary/aromatic N) is 1. The highest BCUT2D eigenvalue weighted by Gasteiger charge is 2.04. The molecule has 0 amide bonds. The quantitative estimate of drug-likeness (QED) is 0.475. The van der Waals surface area contributed by atoms with Crippen LogP contribution in [0.15, 0.2) is 52.0 Å². The lowest BCUT2D eigenvalue weighted by Crippen LogP contribution is -2.24. The van der Waals surface area contributed by atoms with Crippen LogP contribution in [0.4, 0.5) is 0 Å². The maximum Gasteiger partial charge on any atom is 0.184 e. The fourth-order valence-corrected chi connectivity index (χ4v) is 2.28. The highest BCUT2D eigenvalue weighted by Crippen LogP contribution is 2.23. The van der Waals surface area contributed by atoms with Crippen LogP contribution >= 0.6 is 28.1 Å². The third kappa shape index (κ3) is 4.82. The molecule has 0 aliphatic carbocycles. The Hall–Kier alpha value is -1.92. The van der Waals surface area contributed by atoms with Crippen molar-refractivity contribution in [2.24, 2.45) is 10.8 Å². The summed E-state index contributed by atoms with van der Waals surface area (Å²) in [5, 5.41) is 4.09. The monoisotopic (exact) mass is 377 g/mol. The van der Waals surface area contributed by atoms with Crippen molar-refractivity contribution < 1.29 is 4.74 Å². The first kappa shape index (κ1) is 16.5. The molecule has 0 bridgehead atoms. The van der Waals surface area contributed by atoms with Gasteiger partial charge in [0.15, 0.2) is 5.11 Å². The molecule has 0 saturated carbocycles.